The van der Waals surface area contributed by atoms with Gasteiger partial charge in [0.1, 0.15) is 9.84 Å². The van der Waals surface area contributed by atoms with E-state index >= 15 is 0 Å². The number of sulfone groups is 2. The Morgan fingerprint density at radius 3 is 1.88 bits per heavy atom. The first-order valence-electron chi connectivity index (χ1n) is 4.52. The predicted molar refractivity (Wildman–Crippen MR) is 57.0 cm³/mol. The monoisotopic (exact) mass is 297 g/mol. The molecule has 17 heavy (non-hydrogen) atoms. The lowest BCUT2D eigenvalue weighted by molar-refractivity contribution is -0.165. The Hall–Kier alpha value is -0.350. The normalized spacial score (nSPS) is 15.8. The Morgan fingerprint density at radius 2 is 1.59 bits per heavy atom. The van der Waals surface area contributed by atoms with E-state index in [9.17, 15) is 30.0 Å². The number of alkyl halides is 3. The van der Waals surface area contributed by atoms with Crippen LogP contribution in [0.4, 0.5) is 13.2 Å². The van der Waals surface area contributed by atoms with Crippen molar-refractivity contribution >= 4 is 19.7 Å². The Bertz CT molecular complexity index is 440. The maximum atomic E-state index is 12.3. The van der Waals surface area contributed by atoms with E-state index in [0.717, 1.165) is 6.26 Å². The highest BCUT2D eigenvalue weighted by Gasteiger charge is 2.41. The molecule has 10 heteroatoms. The van der Waals surface area contributed by atoms with Gasteiger partial charge < -0.3 is 5.73 Å². The molecule has 0 aromatic rings. The lowest BCUT2D eigenvalue weighted by Gasteiger charge is -2.18. The van der Waals surface area contributed by atoms with E-state index in [0.29, 0.717) is 0 Å². The molecule has 1 unspecified atom stereocenters. The highest BCUT2D eigenvalue weighted by molar-refractivity contribution is 7.94. The van der Waals surface area contributed by atoms with Crippen LogP contribution in [0.25, 0.3) is 0 Å². The van der Waals surface area contributed by atoms with Crippen molar-refractivity contribution in [2.45, 2.75) is 6.18 Å². The van der Waals surface area contributed by atoms with Gasteiger partial charge >= 0.3 is 6.18 Å². The second-order valence-electron chi connectivity index (χ2n) is 3.72. The molecule has 0 spiro atoms. The van der Waals surface area contributed by atoms with Crippen LogP contribution >= 0.6 is 0 Å². The molecule has 0 rings (SSSR count). The molecule has 2 N–H and O–H groups in total. The van der Waals surface area contributed by atoms with E-state index in [1.165, 1.54) is 0 Å². The molecule has 0 saturated carbocycles. The third-order valence-electron chi connectivity index (χ3n) is 1.97. The molecule has 0 aliphatic heterocycles. The van der Waals surface area contributed by atoms with Gasteiger partial charge in [-0.1, -0.05) is 0 Å². The van der Waals surface area contributed by atoms with E-state index in [1.807, 2.05) is 0 Å². The zero-order valence-electron chi connectivity index (χ0n) is 9.07. The summed E-state index contributed by atoms with van der Waals surface area (Å²) in [7, 11) is -7.62. The summed E-state index contributed by atoms with van der Waals surface area (Å²) in [5.74, 6) is -4.85. The number of nitrogens with two attached hydrogens (primary N) is 1. The van der Waals surface area contributed by atoms with Gasteiger partial charge in [0.15, 0.2) is 9.84 Å². The fourth-order valence-electron chi connectivity index (χ4n) is 0.964. The first-order chi connectivity index (χ1) is 7.37. The summed E-state index contributed by atoms with van der Waals surface area (Å²) in [5, 5.41) is 0. The summed E-state index contributed by atoms with van der Waals surface area (Å²) in [4.78, 5) is 0. The molecule has 0 radical (unpaired) electrons. The maximum Gasteiger partial charge on any atom is 0.393 e. The molecule has 0 fully saturated rings. The van der Waals surface area contributed by atoms with Crippen LogP contribution in [-0.2, 0) is 19.7 Å². The van der Waals surface area contributed by atoms with E-state index in [-0.39, 0.29) is 0 Å². The first kappa shape index (κ1) is 16.6. The van der Waals surface area contributed by atoms with Crippen molar-refractivity contribution in [3.05, 3.63) is 0 Å². The summed E-state index contributed by atoms with van der Waals surface area (Å²) in [5.41, 5.74) is 4.85. The van der Waals surface area contributed by atoms with Crippen LogP contribution in [0.5, 0.6) is 0 Å². The molecule has 0 saturated heterocycles. The molecule has 0 heterocycles. The molecule has 0 aromatic carbocycles. The standard InChI is InChI=1S/C7H14F3NO4S2/c1-16(12,13)2-3-17(14,15)5-6(4-11)7(8,9)10/h6H,2-5,11H2,1H3. The topological polar surface area (TPSA) is 94.3 Å². The fraction of sp³-hybridized carbons (Fsp3) is 1.00. The van der Waals surface area contributed by atoms with E-state index in [2.05, 4.69) is 0 Å². The van der Waals surface area contributed by atoms with E-state index in [1.54, 1.807) is 0 Å². The van der Waals surface area contributed by atoms with Crippen LogP contribution in [-0.4, -0.2) is 53.1 Å². The Kier molecular flexibility index (Phi) is 5.41. The Morgan fingerprint density at radius 1 is 1.12 bits per heavy atom. The molecule has 1 atom stereocenters. The van der Waals surface area contributed by atoms with Gasteiger partial charge in [0.05, 0.1) is 23.2 Å². The first-order valence-corrected chi connectivity index (χ1v) is 8.40. The summed E-state index contributed by atoms with van der Waals surface area (Å²) in [6.07, 6.45) is -3.89. The molecular formula is C7H14F3NO4S2. The average molecular weight is 297 g/mol. The van der Waals surface area contributed by atoms with Gasteiger partial charge in [0, 0.05) is 12.8 Å². The summed E-state index contributed by atoms with van der Waals surface area (Å²) in [6.45, 7) is -0.846. The van der Waals surface area contributed by atoms with Crippen LogP contribution in [0.15, 0.2) is 0 Å². The van der Waals surface area contributed by atoms with Crippen LogP contribution in [0, 0.1) is 5.92 Å². The van der Waals surface area contributed by atoms with Crippen molar-refractivity contribution in [1.29, 1.82) is 0 Å². The Balaban J connectivity index is 4.65. The molecule has 0 aliphatic rings. The summed E-state index contributed by atoms with van der Waals surface area (Å²) < 4.78 is 80.8. The quantitative estimate of drug-likeness (QED) is 0.719. The third kappa shape index (κ3) is 7.55. The van der Waals surface area contributed by atoms with Crippen molar-refractivity contribution < 1.29 is 30.0 Å². The van der Waals surface area contributed by atoms with Gasteiger partial charge in [-0.25, -0.2) is 16.8 Å². The molecule has 5 nitrogen and oxygen atoms in total. The highest BCUT2D eigenvalue weighted by Crippen LogP contribution is 2.26. The SMILES string of the molecule is CS(=O)(=O)CCS(=O)(=O)CC(CN)C(F)(F)F. The number of rotatable bonds is 6. The molecule has 0 bridgehead atoms. The second kappa shape index (κ2) is 5.53. The van der Waals surface area contributed by atoms with Crippen LogP contribution in [0.2, 0.25) is 0 Å². The molecule has 0 aromatic heterocycles. The molecule has 104 valence electrons. The minimum absolute atomic E-state index is 0.690. The Labute approximate surface area is 98.0 Å². The molecular weight excluding hydrogens is 283 g/mol. The van der Waals surface area contributed by atoms with Gasteiger partial charge in [-0.2, -0.15) is 13.2 Å². The summed E-state index contributed by atoms with van der Waals surface area (Å²) >= 11 is 0. The number of hydrogen-bond acceptors (Lipinski definition) is 5. The second-order valence-corrected chi connectivity index (χ2v) is 8.21. The minimum atomic E-state index is -4.70. The minimum Gasteiger partial charge on any atom is -0.330 e. The smallest absolute Gasteiger partial charge is 0.330 e. The van der Waals surface area contributed by atoms with Crippen molar-refractivity contribution in [2.24, 2.45) is 11.7 Å². The maximum absolute atomic E-state index is 12.3. The van der Waals surface area contributed by atoms with Gasteiger partial charge in [0.2, 0.25) is 0 Å². The lowest BCUT2D eigenvalue weighted by atomic mass is 10.2. The zero-order valence-corrected chi connectivity index (χ0v) is 10.7. The largest absolute Gasteiger partial charge is 0.393 e. The third-order valence-corrected chi connectivity index (χ3v) is 4.91. The molecule has 0 aliphatic carbocycles. The highest BCUT2D eigenvalue weighted by atomic mass is 32.2. The van der Waals surface area contributed by atoms with E-state index in [4.69, 9.17) is 5.73 Å². The lowest BCUT2D eigenvalue weighted by Crippen LogP contribution is -2.37. The van der Waals surface area contributed by atoms with Gasteiger partial charge in [-0.15, -0.1) is 0 Å². The predicted octanol–water partition coefficient (Wildman–Crippen LogP) is -0.417. The molecule has 0 amide bonds. The van der Waals surface area contributed by atoms with Crippen LogP contribution in [0.3, 0.4) is 0 Å². The van der Waals surface area contributed by atoms with E-state index < -0.39 is 55.6 Å². The summed E-state index contributed by atoms with van der Waals surface area (Å²) in [6, 6.07) is 0. The number of hydrogen-bond donors (Lipinski definition) is 1. The zero-order chi connectivity index (χ0) is 13.9. The fourth-order valence-corrected chi connectivity index (χ4v) is 4.30. The number of halogens is 3. The average Bonchev–Trinajstić information content (AvgIpc) is 2.08. The van der Waals surface area contributed by atoms with Crippen molar-refractivity contribution in [3.63, 3.8) is 0 Å². The van der Waals surface area contributed by atoms with Crippen molar-refractivity contribution in [3.8, 4) is 0 Å². The van der Waals surface area contributed by atoms with Gasteiger partial charge in [-0.05, 0) is 0 Å². The van der Waals surface area contributed by atoms with Gasteiger partial charge in [-0.3, -0.25) is 0 Å². The van der Waals surface area contributed by atoms with Crippen molar-refractivity contribution in [2.75, 3.05) is 30.1 Å². The van der Waals surface area contributed by atoms with Crippen LogP contribution < -0.4 is 5.73 Å². The van der Waals surface area contributed by atoms with Crippen molar-refractivity contribution in [1.82, 2.24) is 0 Å². The van der Waals surface area contributed by atoms with Gasteiger partial charge in [0.25, 0.3) is 0 Å². The van der Waals surface area contributed by atoms with Crippen LogP contribution in [0.1, 0.15) is 0 Å².